The second-order valence-corrected chi connectivity index (χ2v) is 5.54. The molecule has 4 nitrogen and oxygen atoms in total. The van der Waals surface area contributed by atoms with Crippen molar-refractivity contribution in [1.82, 2.24) is 0 Å². The smallest absolute Gasteiger partial charge is 0.330 e. The van der Waals surface area contributed by atoms with Crippen LogP contribution in [0.5, 0.6) is 11.5 Å². The first-order chi connectivity index (χ1) is 10.1. The summed E-state index contributed by atoms with van der Waals surface area (Å²) in [5.41, 5.74) is 0.634. The zero-order valence-corrected chi connectivity index (χ0v) is 12.1. The molecule has 0 saturated heterocycles. The van der Waals surface area contributed by atoms with E-state index in [4.69, 9.17) is 4.74 Å². The van der Waals surface area contributed by atoms with E-state index >= 15 is 0 Å². The zero-order valence-electron chi connectivity index (χ0n) is 12.1. The van der Waals surface area contributed by atoms with Gasteiger partial charge < -0.3 is 14.9 Å². The van der Waals surface area contributed by atoms with E-state index < -0.39 is 0 Å². The van der Waals surface area contributed by atoms with Crippen LogP contribution < -0.4 is 0 Å². The quantitative estimate of drug-likeness (QED) is 0.494. The maximum Gasteiger partial charge on any atom is 0.330 e. The number of aromatic hydroxyl groups is 2. The van der Waals surface area contributed by atoms with Gasteiger partial charge in [-0.25, -0.2) is 4.79 Å². The summed E-state index contributed by atoms with van der Waals surface area (Å²) in [5, 5.41) is 18.5. The molecule has 0 spiro atoms. The number of phenolic OH excluding ortho intramolecular Hbond substituents is 2. The highest BCUT2D eigenvalue weighted by Crippen LogP contribution is 2.26. The molecule has 0 heterocycles. The Balaban J connectivity index is 1.73. The molecule has 1 aromatic carbocycles. The van der Waals surface area contributed by atoms with Crippen molar-refractivity contribution in [3.8, 4) is 11.5 Å². The monoisotopic (exact) mass is 290 g/mol. The van der Waals surface area contributed by atoms with Crippen LogP contribution in [0.15, 0.2) is 24.3 Å². The van der Waals surface area contributed by atoms with E-state index in [-0.39, 0.29) is 17.5 Å². The van der Waals surface area contributed by atoms with Crippen molar-refractivity contribution in [1.29, 1.82) is 0 Å². The molecule has 0 amide bonds. The number of carbonyl (C=O) groups excluding carboxylic acids is 1. The molecular formula is C17H22O4. The number of phenols is 2. The van der Waals surface area contributed by atoms with Crippen LogP contribution in [-0.2, 0) is 9.53 Å². The van der Waals surface area contributed by atoms with Crippen molar-refractivity contribution in [2.45, 2.75) is 38.5 Å². The Morgan fingerprint density at radius 1 is 1.19 bits per heavy atom. The highest BCUT2D eigenvalue weighted by atomic mass is 16.5. The minimum absolute atomic E-state index is 0.179. The number of benzene rings is 1. The molecule has 114 valence electrons. The Kier molecular flexibility index (Phi) is 5.67. The molecule has 0 unspecified atom stereocenters. The third-order valence-electron chi connectivity index (χ3n) is 3.91. The molecule has 1 fully saturated rings. The van der Waals surface area contributed by atoms with Crippen LogP contribution in [0, 0.1) is 5.92 Å². The largest absolute Gasteiger partial charge is 0.504 e. The first kappa shape index (κ1) is 15.4. The van der Waals surface area contributed by atoms with E-state index in [1.807, 2.05) is 0 Å². The number of hydrogen-bond donors (Lipinski definition) is 2. The maximum absolute atomic E-state index is 11.6. The lowest BCUT2D eigenvalue weighted by Gasteiger charge is -2.20. The standard InChI is InChI=1S/C17H22O4/c18-15-8-6-14(12-16(15)19)7-9-17(20)21-11-10-13-4-2-1-3-5-13/h6-9,12-13,18-19H,1-5,10-11H2/b9-7+. The second kappa shape index (κ2) is 7.72. The fraction of sp³-hybridized carbons (Fsp3) is 0.471. The lowest BCUT2D eigenvalue weighted by molar-refractivity contribution is -0.138. The maximum atomic E-state index is 11.6. The van der Waals surface area contributed by atoms with Gasteiger partial charge in [0, 0.05) is 6.08 Å². The van der Waals surface area contributed by atoms with Crippen molar-refractivity contribution in [2.24, 2.45) is 5.92 Å². The van der Waals surface area contributed by atoms with Gasteiger partial charge >= 0.3 is 5.97 Å². The molecule has 0 atom stereocenters. The van der Waals surface area contributed by atoms with E-state index in [2.05, 4.69) is 0 Å². The van der Waals surface area contributed by atoms with Crippen LogP contribution in [0.4, 0.5) is 0 Å². The van der Waals surface area contributed by atoms with Gasteiger partial charge in [-0.2, -0.15) is 0 Å². The van der Waals surface area contributed by atoms with Crippen molar-refractivity contribution in [3.63, 3.8) is 0 Å². The Labute approximate surface area is 125 Å². The summed E-state index contributed by atoms with van der Waals surface area (Å²) >= 11 is 0. The number of carbonyl (C=O) groups is 1. The van der Waals surface area contributed by atoms with Crippen LogP contribution in [-0.4, -0.2) is 22.8 Å². The van der Waals surface area contributed by atoms with Crippen molar-refractivity contribution >= 4 is 12.0 Å². The van der Waals surface area contributed by atoms with E-state index in [1.54, 1.807) is 12.1 Å². The van der Waals surface area contributed by atoms with Gasteiger partial charge in [-0.1, -0.05) is 38.2 Å². The molecule has 0 aliphatic heterocycles. The molecule has 4 heteroatoms. The van der Waals surface area contributed by atoms with Gasteiger partial charge in [0.2, 0.25) is 0 Å². The Bertz CT molecular complexity index is 502. The molecule has 0 radical (unpaired) electrons. The first-order valence-corrected chi connectivity index (χ1v) is 7.52. The van der Waals surface area contributed by atoms with Gasteiger partial charge in [-0.15, -0.1) is 0 Å². The summed E-state index contributed by atoms with van der Waals surface area (Å²) in [4.78, 5) is 11.6. The number of ether oxygens (including phenoxy) is 1. The number of hydrogen-bond acceptors (Lipinski definition) is 4. The zero-order chi connectivity index (χ0) is 15.1. The summed E-state index contributed by atoms with van der Waals surface area (Å²) in [5.74, 6) is -0.0621. The van der Waals surface area contributed by atoms with Crippen molar-refractivity contribution in [3.05, 3.63) is 29.8 Å². The highest BCUT2D eigenvalue weighted by Gasteiger charge is 2.13. The number of rotatable bonds is 5. The van der Waals surface area contributed by atoms with E-state index in [0.29, 0.717) is 18.1 Å². The third kappa shape index (κ3) is 5.14. The SMILES string of the molecule is O=C(/C=C/c1ccc(O)c(O)c1)OCCC1CCCCC1. The minimum atomic E-state index is -0.377. The molecular weight excluding hydrogens is 268 g/mol. The summed E-state index contributed by atoms with van der Waals surface area (Å²) in [6, 6.07) is 4.38. The molecule has 1 aliphatic carbocycles. The van der Waals surface area contributed by atoms with Crippen molar-refractivity contribution in [2.75, 3.05) is 6.61 Å². The van der Waals surface area contributed by atoms with Gasteiger partial charge in [0.25, 0.3) is 0 Å². The fourth-order valence-corrected chi connectivity index (χ4v) is 2.66. The predicted octanol–water partition coefficient (Wildman–Crippen LogP) is 3.62. The Morgan fingerprint density at radius 2 is 1.95 bits per heavy atom. The van der Waals surface area contributed by atoms with Gasteiger partial charge in [0.15, 0.2) is 11.5 Å². The van der Waals surface area contributed by atoms with Crippen LogP contribution >= 0.6 is 0 Å². The molecule has 2 N–H and O–H groups in total. The third-order valence-corrected chi connectivity index (χ3v) is 3.91. The summed E-state index contributed by atoms with van der Waals surface area (Å²) in [6.45, 7) is 0.467. The summed E-state index contributed by atoms with van der Waals surface area (Å²) < 4.78 is 5.18. The lowest BCUT2D eigenvalue weighted by Crippen LogP contribution is -2.11. The minimum Gasteiger partial charge on any atom is -0.504 e. The molecule has 0 bridgehead atoms. The predicted molar refractivity (Wildman–Crippen MR) is 81.0 cm³/mol. The Morgan fingerprint density at radius 3 is 2.67 bits per heavy atom. The average Bonchev–Trinajstić information content (AvgIpc) is 2.49. The van der Waals surface area contributed by atoms with Crippen LogP contribution in [0.25, 0.3) is 6.08 Å². The van der Waals surface area contributed by atoms with E-state index in [0.717, 1.165) is 6.42 Å². The number of esters is 1. The van der Waals surface area contributed by atoms with Crippen LogP contribution in [0.1, 0.15) is 44.1 Å². The van der Waals surface area contributed by atoms with E-state index in [1.165, 1.54) is 50.3 Å². The van der Waals surface area contributed by atoms with Gasteiger partial charge in [-0.3, -0.25) is 0 Å². The molecule has 1 saturated carbocycles. The van der Waals surface area contributed by atoms with Crippen LogP contribution in [0.3, 0.4) is 0 Å². The van der Waals surface area contributed by atoms with E-state index in [9.17, 15) is 15.0 Å². The Hall–Kier alpha value is -1.97. The lowest BCUT2D eigenvalue weighted by atomic mass is 9.87. The highest BCUT2D eigenvalue weighted by molar-refractivity contribution is 5.87. The average molecular weight is 290 g/mol. The second-order valence-electron chi connectivity index (χ2n) is 5.54. The van der Waals surface area contributed by atoms with Crippen molar-refractivity contribution < 1.29 is 19.7 Å². The molecule has 1 aromatic rings. The molecule has 2 rings (SSSR count). The van der Waals surface area contributed by atoms with Gasteiger partial charge in [-0.05, 0) is 36.1 Å². The molecule has 1 aliphatic rings. The summed E-state index contributed by atoms with van der Waals surface area (Å²) in [6.07, 6.45) is 10.3. The van der Waals surface area contributed by atoms with Gasteiger partial charge in [0.1, 0.15) is 0 Å². The first-order valence-electron chi connectivity index (χ1n) is 7.52. The van der Waals surface area contributed by atoms with Crippen LogP contribution in [0.2, 0.25) is 0 Å². The fourth-order valence-electron chi connectivity index (χ4n) is 2.66. The molecule has 0 aromatic heterocycles. The van der Waals surface area contributed by atoms with Gasteiger partial charge in [0.05, 0.1) is 6.61 Å². The summed E-state index contributed by atoms with van der Waals surface area (Å²) in [7, 11) is 0. The normalized spacial score (nSPS) is 16.2. The molecule has 21 heavy (non-hydrogen) atoms. The topological polar surface area (TPSA) is 66.8 Å².